The van der Waals surface area contributed by atoms with Crippen molar-refractivity contribution in [3.8, 4) is 0 Å². The Balaban J connectivity index is 2.14. The van der Waals surface area contributed by atoms with Crippen LogP contribution in [0, 0.1) is 11.6 Å². The normalized spacial score (nSPS) is 12.6. The van der Waals surface area contributed by atoms with E-state index in [2.05, 4.69) is 10.0 Å². The van der Waals surface area contributed by atoms with Gasteiger partial charge in [0, 0.05) is 18.8 Å². The lowest BCUT2D eigenvalue weighted by Crippen LogP contribution is -2.35. The van der Waals surface area contributed by atoms with Crippen LogP contribution in [0.5, 0.6) is 0 Å². The predicted octanol–water partition coefficient (Wildman–Crippen LogP) is 3.18. The Morgan fingerprint density at radius 1 is 1.19 bits per heavy atom. The number of halogens is 3. The van der Waals surface area contributed by atoms with Crippen LogP contribution < -0.4 is 10.0 Å². The summed E-state index contributed by atoms with van der Waals surface area (Å²) in [7, 11) is -2.29. The van der Waals surface area contributed by atoms with Crippen LogP contribution in [0.1, 0.15) is 17.3 Å². The molecule has 6 nitrogen and oxygen atoms in total. The van der Waals surface area contributed by atoms with Gasteiger partial charge in [0.2, 0.25) is 10.0 Å². The van der Waals surface area contributed by atoms with E-state index in [1.807, 2.05) is 0 Å². The molecule has 27 heavy (non-hydrogen) atoms. The number of hydrogen-bond acceptors (Lipinski definition) is 4. The third-order valence-corrected chi connectivity index (χ3v) is 5.37. The molecule has 0 saturated heterocycles. The third kappa shape index (κ3) is 5.46. The number of ether oxygens (including phenoxy) is 1. The minimum absolute atomic E-state index is 0.00527. The zero-order valence-corrected chi connectivity index (χ0v) is 16.0. The molecule has 2 rings (SSSR count). The van der Waals surface area contributed by atoms with Gasteiger partial charge in [0.1, 0.15) is 0 Å². The predicted molar refractivity (Wildman–Crippen MR) is 97.4 cm³/mol. The van der Waals surface area contributed by atoms with Gasteiger partial charge in [0.25, 0.3) is 5.91 Å². The maximum absolute atomic E-state index is 13.3. The molecule has 0 unspecified atom stereocenters. The van der Waals surface area contributed by atoms with Crippen molar-refractivity contribution >= 4 is 33.2 Å². The van der Waals surface area contributed by atoms with Crippen LogP contribution in [0.3, 0.4) is 0 Å². The Hall–Kier alpha value is -2.07. The Bertz CT molecular complexity index is 937. The van der Waals surface area contributed by atoms with Crippen molar-refractivity contribution in [2.45, 2.75) is 17.9 Å². The van der Waals surface area contributed by atoms with Gasteiger partial charge in [-0.15, -0.1) is 0 Å². The lowest BCUT2D eigenvalue weighted by molar-refractivity contribution is 0.102. The number of hydrogen-bond donors (Lipinski definition) is 2. The summed E-state index contributed by atoms with van der Waals surface area (Å²) >= 11 is 5.76. The molecule has 1 amide bonds. The number of nitrogens with one attached hydrogen (secondary N) is 2. The first-order valence-electron chi connectivity index (χ1n) is 7.71. The molecule has 0 bridgehead atoms. The average molecular weight is 419 g/mol. The summed E-state index contributed by atoms with van der Waals surface area (Å²) in [5.74, 6) is -3.13. The number of benzene rings is 2. The van der Waals surface area contributed by atoms with Crippen LogP contribution in [-0.4, -0.2) is 34.1 Å². The van der Waals surface area contributed by atoms with Gasteiger partial charge in [-0.2, -0.15) is 0 Å². The molecule has 2 aromatic carbocycles. The third-order valence-electron chi connectivity index (χ3n) is 3.45. The maximum Gasteiger partial charge on any atom is 0.257 e. The second-order valence-corrected chi connectivity index (χ2v) is 7.82. The van der Waals surface area contributed by atoms with Crippen LogP contribution in [0.4, 0.5) is 14.5 Å². The molecule has 0 spiro atoms. The van der Waals surface area contributed by atoms with E-state index < -0.39 is 33.6 Å². The lowest BCUT2D eigenvalue weighted by Gasteiger charge is -2.13. The summed E-state index contributed by atoms with van der Waals surface area (Å²) in [6, 6.07) is 6.29. The van der Waals surface area contributed by atoms with Crippen LogP contribution in [0.2, 0.25) is 5.02 Å². The zero-order chi connectivity index (χ0) is 20.2. The number of sulfonamides is 1. The molecule has 146 valence electrons. The first kappa shape index (κ1) is 21.2. The van der Waals surface area contributed by atoms with Gasteiger partial charge in [-0.05, 0) is 43.3 Å². The minimum atomic E-state index is -3.75. The Labute approximate surface area is 160 Å². The van der Waals surface area contributed by atoms with Crippen molar-refractivity contribution in [3.05, 3.63) is 58.6 Å². The van der Waals surface area contributed by atoms with E-state index in [9.17, 15) is 22.0 Å². The highest BCUT2D eigenvalue weighted by Gasteiger charge is 2.18. The van der Waals surface area contributed by atoms with Crippen molar-refractivity contribution in [1.29, 1.82) is 0 Å². The fourth-order valence-electron chi connectivity index (χ4n) is 2.23. The number of carbonyl (C=O) groups is 1. The molecule has 0 aliphatic heterocycles. The number of methoxy groups -OCH3 is 1. The monoisotopic (exact) mass is 418 g/mol. The molecule has 0 radical (unpaired) electrons. The van der Waals surface area contributed by atoms with Gasteiger partial charge in [0.15, 0.2) is 11.6 Å². The highest BCUT2D eigenvalue weighted by atomic mass is 35.5. The highest BCUT2D eigenvalue weighted by molar-refractivity contribution is 7.89. The van der Waals surface area contributed by atoms with Gasteiger partial charge in [0.05, 0.1) is 22.1 Å². The summed E-state index contributed by atoms with van der Waals surface area (Å²) in [6.07, 6.45) is 0. The maximum atomic E-state index is 13.3. The molecule has 0 fully saturated rings. The fourth-order valence-corrected chi connectivity index (χ4v) is 3.69. The van der Waals surface area contributed by atoms with E-state index in [1.165, 1.54) is 31.4 Å². The van der Waals surface area contributed by atoms with E-state index in [1.54, 1.807) is 6.92 Å². The second kappa shape index (κ2) is 8.75. The molecule has 0 saturated carbocycles. The molecular weight excluding hydrogens is 402 g/mol. The molecule has 2 aromatic rings. The van der Waals surface area contributed by atoms with Crippen LogP contribution in [-0.2, 0) is 14.8 Å². The largest absolute Gasteiger partial charge is 0.383 e. The first-order chi connectivity index (χ1) is 12.6. The van der Waals surface area contributed by atoms with E-state index in [-0.39, 0.29) is 27.8 Å². The zero-order valence-electron chi connectivity index (χ0n) is 14.4. The molecule has 1 atom stereocenters. The van der Waals surface area contributed by atoms with Crippen molar-refractivity contribution < 1.29 is 26.7 Å². The Morgan fingerprint density at radius 3 is 2.37 bits per heavy atom. The van der Waals surface area contributed by atoms with Crippen LogP contribution in [0.15, 0.2) is 41.3 Å². The first-order valence-corrected chi connectivity index (χ1v) is 9.57. The SMILES string of the molecule is COC[C@H](C)NS(=O)(=O)c1ccc(NC(=O)c2cc(F)c(F)cc2Cl)cc1. The minimum Gasteiger partial charge on any atom is -0.383 e. The smallest absolute Gasteiger partial charge is 0.257 e. The molecule has 0 aliphatic rings. The highest BCUT2D eigenvalue weighted by Crippen LogP contribution is 2.22. The van der Waals surface area contributed by atoms with Crippen molar-refractivity contribution in [3.63, 3.8) is 0 Å². The molecule has 0 heterocycles. The van der Waals surface area contributed by atoms with E-state index in [0.29, 0.717) is 12.1 Å². The Kier molecular flexibility index (Phi) is 6.88. The summed E-state index contributed by atoms with van der Waals surface area (Å²) in [6.45, 7) is 1.86. The molecule has 10 heteroatoms. The van der Waals surface area contributed by atoms with Gasteiger partial charge in [-0.1, -0.05) is 11.6 Å². The molecule has 2 N–H and O–H groups in total. The van der Waals surface area contributed by atoms with Gasteiger partial charge < -0.3 is 10.1 Å². The lowest BCUT2D eigenvalue weighted by atomic mass is 10.2. The van der Waals surface area contributed by atoms with Crippen molar-refractivity contribution in [2.24, 2.45) is 0 Å². The summed E-state index contributed by atoms with van der Waals surface area (Å²) < 4.78 is 58.2. The number of amides is 1. The van der Waals surface area contributed by atoms with Crippen LogP contribution >= 0.6 is 11.6 Å². The van der Waals surface area contributed by atoms with E-state index >= 15 is 0 Å². The number of rotatable bonds is 7. The van der Waals surface area contributed by atoms with Gasteiger partial charge in [-0.25, -0.2) is 21.9 Å². The molecular formula is C17H17ClF2N2O4S. The fraction of sp³-hybridized carbons (Fsp3) is 0.235. The molecule has 0 aromatic heterocycles. The van der Waals surface area contributed by atoms with Crippen molar-refractivity contribution in [1.82, 2.24) is 4.72 Å². The van der Waals surface area contributed by atoms with Crippen molar-refractivity contribution in [2.75, 3.05) is 19.0 Å². The summed E-state index contributed by atoms with van der Waals surface area (Å²) in [5, 5.41) is 2.19. The summed E-state index contributed by atoms with van der Waals surface area (Å²) in [4.78, 5) is 12.2. The van der Waals surface area contributed by atoms with Gasteiger partial charge >= 0.3 is 0 Å². The van der Waals surface area contributed by atoms with Crippen LogP contribution in [0.25, 0.3) is 0 Å². The summed E-state index contributed by atoms with van der Waals surface area (Å²) in [5.41, 5.74) is 0.00649. The molecule has 0 aliphatic carbocycles. The number of anilines is 1. The van der Waals surface area contributed by atoms with E-state index in [0.717, 1.165) is 0 Å². The van der Waals surface area contributed by atoms with E-state index in [4.69, 9.17) is 16.3 Å². The van der Waals surface area contributed by atoms with Gasteiger partial charge in [-0.3, -0.25) is 4.79 Å². The Morgan fingerprint density at radius 2 is 1.78 bits per heavy atom. The topological polar surface area (TPSA) is 84.5 Å². The quantitative estimate of drug-likeness (QED) is 0.676. The second-order valence-electron chi connectivity index (χ2n) is 5.70. The average Bonchev–Trinajstić information content (AvgIpc) is 2.58. The standard InChI is InChI=1S/C17H17ClF2N2O4S/c1-10(9-26-2)22-27(24,25)12-5-3-11(4-6-12)21-17(23)13-7-15(19)16(20)8-14(13)18/h3-8,10,22H,9H2,1-2H3,(H,21,23)/t10-/m0/s1. The number of carbonyl (C=O) groups excluding carboxylic acids is 1.